The number of nitrogens with one attached hydrogen (secondary N) is 1. The van der Waals surface area contributed by atoms with Crippen molar-refractivity contribution < 1.29 is 9.59 Å². The third kappa shape index (κ3) is 4.50. The van der Waals surface area contributed by atoms with Gasteiger partial charge in [-0.2, -0.15) is 0 Å². The van der Waals surface area contributed by atoms with Gasteiger partial charge in [0, 0.05) is 29.6 Å². The first-order valence-electron chi connectivity index (χ1n) is 8.54. The highest BCUT2D eigenvalue weighted by Crippen LogP contribution is 2.29. The van der Waals surface area contributed by atoms with E-state index in [1.54, 1.807) is 11.8 Å². The second-order valence-electron chi connectivity index (χ2n) is 6.32. The van der Waals surface area contributed by atoms with E-state index >= 15 is 0 Å². The summed E-state index contributed by atoms with van der Waals surface area (Å²) in [6, 6.07) is 7.63. The molecule has 0 atom stereocenters. The lowest BCUT2D eigenvalue weighted by Crippen LogP contribution is -2.35. The Labute approximate surface area is 142 Å². The maximum atomic E-state index is 12.1. The molecule has 124 valence electrons. The molecule has 1 heterocycles. The molecule has 4 nitrogen and oxygen atoms in total. The molecule has 1 N–H and O–H groups in total. The number of benzene rings is 1. The van der Waals surface area contributed by atoms with Crippen molar-refractivity contribution in [2.45, 2.75) is 50.2 Å². The van der Waals surface area contributed by atoms with E-state index < -0.39 is 0 Å². The molecule has 1 saturated heterocycles. The molecule has 1 aromatic rings. The Kier molecular flexibility index (Phi) is 5.60. The Morgan fingerprint density at radius 2 is 2.04 bits per heavy atom. The van der Waals surface area contributed by atoms with E-state index in [0.29, 0.717) is 17.4 Å². The van der Waals surface area contributed by atoms with Gasteiger partial charge in [0.25, 0.3) is 0 Å². The fourth-order valence-electron chi connectivity index (χ4n) is 3.28. The number of nitrogens with zero attached hydrogens (tertiary/aromatic N) is 1. The van der Waals surface area contributed by atoms with Gasteiger partial charge in [-0.1, -0.05) is 18.9 Å². The second kappa shape index (κ2) is 7.86. The highest BCUT2D eigenvalue weighted by atomic mass is 32.2. The molecule has 0 bridgehead atoms. The van der Waals surface area contributed by atoms with Crippen molar-refractivity contribution >= 4 is 35.0 Å². The highest BCUT2D eigenvalue weighted by Gasteiger charge is 2.20. The first kappa shape index (κ1) is 16.4. The van der Waals surface area contributed by atoms with Crippen molar-refractivity contribution in [3.8, 4) is 0 Å². The Balaban J connectivity index is 1.56. The Hall–Kier alpha value is -1.49. The van der Waals surface area contributed by atoms with Gasteiger partial charge in [-0.25, -0.2) is 0 Å². The zero-order valence-corrected chi connectivity index (χ0v) is 14.2. The Morgan fingerprint density at radius 1 is 1.22 bits per heavy atom. The molecule has 1 aliphatic heterocycles. The van der Waals surface area contributed by atoms with Crippen LogP contribution in [0.2, 0.25) is 0 Å². The number of piperidine rings is 1. The molecule has 1 aromatic carbocycles. The maximum Gasteiger partial charge on any atom is 0.234 e. The molecule has 1 aliphatic carbocycles. The summed E-state index contributed by atoms with van der Waals surface area (Å²) in [5.41, 5.74) is 1.66. The van der Waals surface area contributed by atoms with Crippen LogP contribution in [0.5, 0.6) is 0 Å². The number of hydrogen-bond donors (Lipinski definition) is 1. The third-order valence-electron chi connectivity index (χ3n) is 4.52. The van der Waals surface area contributed by atoms with Gasteiger partial charge < -0.3 is 10.2 Å². The van der Waals surface area contributed by atoms with Gasteiger partial charge in [-0.15, -0.1) is 11.8 Å². The third-order valence-corrected chi connectivity index (χ3v) is 5.89. The predicted molar refractivity (Wildman–Crippen MR) is 96.0 cm³/mol. The van der Waals surface area contributed by atoms with Crippen LogP contribution in [-0.2, 0) is 9.59 Å². The lowest BCUT2D eigenvalue weighted by atomic mass is 10.1. The molecule has 1 saturated carbocycles. The largest absolute Gasteiger partial charge is 0.325 e. The summed E-state index contributed by atoms with van der Waals surface area (Å²) in [5, 5.41) is 3.61. The fraction of sp³-hybridized carbons (Fsp3) is 0.556. The zero-order chi connectivity index (χ0) is 16.1. The van der Waals surface area contributed by atoms with Crippen molar-refractivity contribution in [2.75, 3.05) is 22.5 Å². The molecule has 0 unspecified atom stereocenters. The average Bonchev–Trinajstić information content (AvgIpc) is 3.07. The quantitative estimate of drug-likeness (QED) is 0.892. The Bertz CT molecular complexity index is 570. The number of carbonyl (C=O) groups is 2. The summed E-state index contributed by atoms with van der Waals surface area (Å²) < 4.78 is 0. The van der Waals surface area contributed by atoms with E-state index in [-0.39, 0.29) is 11.8 Å². The zero-order valence-electron chi connectivity index (χ0n) is 13.4. The predicted octanol–water partition coefficient (Wildman–Crippen LogP) is 3.82. The summed E-state index contributed by atoms with van der Waals surface area (Å²) in [5.74, 6) is 0.734. The van der Waals surface area contributed by atoms with Crippen molar-refractivity contribution in [1.29, 1.82) is 0 Å². The first-order valence-corrected chi connectivity index (χ1v) is 9.59. The first-order chi connectivity index (χ1) is 11.2. The van der Waals surface area contributed by atoms with Crippen LogP contribution in [0.1, 0.15) is 44.9 Å². The van der Waals surface area contributed by atoms with Crippen molar-refractivity contribution in [2.24, 2.45) is 0 Å². The standard InChI is InChI=1S/C18H24N2O2S/c21-17(13-23-16-8-1-2-9-16)19-14-6-5-7-15(12-14)20-11-4-3-10-18(20)22/h5-7,12,16H,1-4,8-11,13H2,(H,19,21). The Morgan fingerprint density at radius 3 is 2.83 bits per heavy atom. The molecular weight excluding hydrogens is 308 g/mol. The van der Waals surface area contributed by atoms with Gasteiger partial charge in [0.1, 0.15) is 0 Å². The summed E-state index contributed by atoms with van der Waals surface area (Å²) >= 11 is 1.77. The van der Waals surface area contributed by atoms with Gasteiger partial charge in [0.15, 0.2) is 0 Å². The van der Waals surface area contributed by atoms with Crippen molar-refractivity contribution in [1.82, 2.24) is 0 Å². The summed E-state index contributed by atoms with van der Waals surface area (Å²) in [6.45, 7) is 0.772. The average molecular weight is 332 g/mol. The minimum absolute atomic E-state index is 0.0454. The van der Waals surface area contributed by atoms with Crippen LogP contribution < -0.4 is 10.2 Å². The van der Waals surface area contributed by atoms with Crippen LogP contribution in [0.3, 0.4) is 0 Å². The monoisotopic (exact) mass is 332 g/mol. The molecule has 5 heteroatoms. The van der Waals surface area contributed by atoms with Gasteiger partial charge in [0.05, 0.1) is 5.75 Å². The van der Waals surface area contributed by atoms with Gasteiger partial charge in [0.2, 0.25) is 11.8 Å². The summed E-state index contributed by atoms with van der Waals surface area (Å²) in [7, 11) is 0. The normalized spacial score (nSPS) is 19.1. The van der Waals surface area contributed by atoms with Gasteiger partial charge in [-0.3, -0.25) is 9.59 Å². The maximum absolute atomic E-state index is 12.1. The molecule has 23 heavy (non-hydrogen) atoms. The number of carbonyl (C=O) groups excluding carboxylic acids is 2. The van der Waals surface area contributed by atoms with Crippen LogP contribution >= 0.6 is 11.8 Å². The SMILES string of the molecule is O=C(CSC1CCCC1)Nc1cccc(N2CCCCC2=O)c1. The van der Waals surface area contributed by atoms with Crippen LogP contribution in [0, 0.1) is 0 Å². The molecule has 0 radical (unpaired) electrons. The lowest BCUT2D eigenvalue weighted by molar-refractivity contribution is -0.119. The van der Waals surface area contributed by atoms with E-state index in [1.807, 2.05) is 29.2 Å². The van der Waals surface area contributed by atoms with Crippen LogP contribution in [0.25, 0.3) is 0 Å². The number of thioether (sulfide) groups is 1. The van der Waals surface area contributed by atoms with Crippen molar-refractivity contribution in [3.63, 3.8) is 0 Å². The minimum Gasteiger partial charge on any atom is -0.325 e. The molecule has 2 fully saturated rings. The van der Waals surface area contributed by atoms with Crippen LogP contribution in [0.15, 0.2) is 24.3 Å². The number of amides is 2. The van der Waals surface area contributed by atoms with E-state index in [4.69, 9.17) is 0 Å². The van der Waals surface area contributed by atoms with E-state index in [9.17, 15) is 9.59 Å². The van der Waals surface area contributed by atoms with E-state index in [1.165, 1.54) is 25.7 Å². The fourth-order valence-corrected chi connectivity index (χ4v) is 4.40. The smallest absolute Gasteiger partial charge is 0.234 e. The molecule has 2 aliphatic rings. The topological polar surface area (TPSA) is 49.4 Å². The molecule has 2 amide bonds. The van der Waals surface area contributed by atoms with E-state index in [2.05, 4.69) is 5.32 Å². The summed E-state index contributed by atoms with van der Waals surface area (Å²) in [4.78, 5) is 25.9. The summed E-state index contributed by atoms with van der Waals surface area (Å²) in [6.07, 6.45) is 7.71. The van der Waals surface area contributed by atoms with Crippen LogP contribution in [0.4, 0.5) is 11.4 Å². The highest BCUT2D eigenvalue weighted by molar-refractivity contribution is 8.00. The number of rotatable bonds is 5. The van der Waals surface area contributed by atoms with Gasteiger partial charge >= 0.3 is 0 Å². The van der Waals surface area contributed by atoms with Gasteiger partial charge in [-0.05, 0) is 43.9 Å². The van der Waals surface area contributed by atoms with Crippen molar-refractivity contribution in [3.05, 3.63) is 24.3 Å². The molecule has 3 rings (SSSR count). The molecular formula is C18H24N2O2S. The lowest BCUT2D eigenvalue weighted by Gasteiger charge is -2.27. The second-order valence-corrected chi connectivity index (χ2v) is 7.61. The molecule has 0 aromatic heterocycles. The molecule has 0 spiro atoms. The minimum atomic E-state index is 0.0454. The number of anilines is 2. The number of hydrogen-bond acceptors (Lipinski definition) is 3. The van der Waals surface area contributed by atoms with E-state index in [0.717, 1.165) is 30.8 Å². The van der Waals surface area contributed by atoms with Crippen LogP contribution in [-0.4, -0.2) is 29.4 Å².